The number of carbonyl (C=O) groups is 1. The van der Waals surface area contributed by atoms with Crippen LogP contribution in [0.4, 0.5) is 0 Å². The second kappa shape index (κ2) is 8.82. The lowest BCUT2D eigenvalue weighted by Gasteiger charge is -2.21. The molecule has 1 amide bonds. The molecule has 5 heteroatoms. The van der Waals surface area contributed by atoms with E-state index in [9.17, 15) is 4.79 Å². The normalized spacial score (nSPS) is 15.2. The summed E-state index contributed by atoms with van der Waals surface area (Å²) in [4.78, 5) is 11.9. The number of hydrogen-bond donors (Lipinski definition) is 2. The largest absolute Gasteiger partial charge is 0.491 e. The lowest BCUT2D eigenvalue weighted by atomic mass is 9.97. The zero-order valence-electron chi connectivity index (χ0n) is 11.9. The molecule has 0 atom stereocenters. The van der Waals surface area contributed by atoms with Crippen LogP contribution in [0.1, 0.15) is 18.4 Å². The average Bonchev–Trinajstić information content (AvgIpc) is 2.46. The maximum atomic E-state index is 11.9. The van der Waals surface area contributed by atoms with Crippen molar-refractivity contribution in [3.05, 3.63) is 29.8 Å². The maximum absolute atomic E-state index is 11.9. The molecule has 0 bridgehead atoms. The highest BCUT2D eigenvalue weighted by molar-refractivity contribution is 5.85. The van der Waals surface area contributed by atoms with Gasteiger partial charge in [0.2, 0.25) is 5.91 Å². The van der Waals surface area contributed by atoms with Crippen molar-refractivity contribution in [3.8, 4) is 5.75 Å². The average molecular weight is 299 g/mol. The third-order valence-corrected chi connectivity index (χ3v) is 3.46. The van der Waals surface area contributed by atoms with Crippen molar-refractivity contribution in [1.82, 2.24) is 10.6 Å². The van der Waals surface area contributed by atoms with Crippen LogP contribution in [0.3, 0.4) is 0 Å². The third-order valence-electron chi connectivity index (χ3n) is 3.46. The molecule has 1 aromatic rings. The van der Waals surface area contributed by atoms with Gasteiger partial charge in [-0.05, 0) is 44.5 Å². The Hall–Kier alpha value is -1.26. The molecule has 2 rings (SSSR count). The fourth-order valence-electron chi connectivity index (χ4n) is 2.28. The predicted molar refractivity (Wildman–Crippen MR) is 82.5 cm³/mol. The van der Waals surface area contributed by atoms with Crippen LogP contribution in [0.25, 0.3) is 0 Å². The minimum atomic E-state index is 0. The maximum Gasteiger partial charge on any atom is 0.223 e. The zero-order chi connectivity index (χ0) is 13.5. The monoisotopic (exact) mass is 298 g/mol. The smallest absolute Gasteiger partial charge is 0.223 e. The summed E-state index contributed by atoms with van der Waals surface area (Å²) in [6.45, 7) is 4.98. The van der Waals surface area contributed by atoms with E-state index in [1.807, 2.05) is 31.2 Å². The van der Waals surface area contributed by atoms with Gasteiger partial charge in [-0.3, -0.25) is 4.79 Å². The van der Waals surface area contributed by atoms with Crippen LogP contribution < -0.4 is 15.4 Å². The molecule has 4 nitrogen and oxygen atoms in total. The molecule has 20 heavy (non-hydrogen) atoms. The van der Waals surface area contributed by atoms with Gasteiger partial charge in [0.05, 0.1) is 6.54 Å². The summed E-state index contributed by atoms with van der Waals surface area (Å²) in [6, 6.07) is 7.91. The molecule has 0 aliphatic carbocycles. The third kappa shape index (κ3) is 5.02. The SMILES string of the molecule is Cc1ccccc1OCCNC(=O)C1CCNCC1.Cl. The van der Waals surface area contributed by atoms with Gasteiger partial charge in [-0.2, -0.15) is 0 Å². The molecule has 1 aliphatic heterocycles. The van der Waals surface area contributed by atoms with Crippen molar-refractivity contribution >= 4 is 18.3 Å². The summed E-state index contributed by atoms with van der Waals surface area (Å²) in [5.41, 5.74) is 1.12. The van der Waals surface area contributed by atoms with E-state index in [0.717, 1.165) is 37.2 Å². The molecule has 1 fully saturated rings. The number of aryl methyl sites for hydroxylation is 1. The highest BCUT2D eigenvalue weighted by atomic mass is 35.5. The van der Waals surface area contributed by atoms with Gasteiger partial charge in [0.1, 0.15) is 12.4 Å². The topological polar surface area (TPSA) is 50.4 Å². The van der Waals surface area contributed by atoms with Gasteiger partial charge in [-0.25, -0.2) is 0 Å². The van der Waals surface area contributed by atoms with Gasteiger partial charge in [-0.1, -0.05) is 18.2 Å². The summed E-state index contributed by atoms with van der Waals surface area (Å²) in [7, 11) is 0. The molecule has 1 saturated heterocycles. The molecule has 1 aromatic carbocycles. The predicted octanol–water partition coefficient (Wildman–Crippen LogP) is 1.91. The molecule has 0 saturated carbocycles. The summed E-state index contributed by atoms with van der Waals surface area (Å²) in [6.07, 6.45) is 1.87. The molecule has 112 valence electrons. The van der Waals surface area contributed by atoms with Crippen LogP contribution in [0.2, 0.25) is 0 Å². The summed E-state index contributed by atoms with van der Waals surface area (Å²) < 4.78 is 5.65. The number of hydrogen-bond acceptors (Lipinski definition) is 3. The Kier molecular flexibility index (Phi) is 7.41. The number of amides is 1. The number of piperidine rings is 1. The van der Waals surface area contributed by atoms with Crippen molar-refractivity contribution in [3.63, 3.8) is 0 Å². The summed E-state index contributed by atoms with van der Waals surface area (Å²) in [5, 5.41) is 6.21. The second-order valence-electron chi connectivity index (χ2n) is 4.93. The van der Waals surface area contributed by atoms with Gasteiger partial charge in [-0.15, -0.1) is 12.4 Å². The van der Waals surface area contributed by atoms with E-state index in [1.54, 1.807) is 0 Å². The van der Waals surface area contributed by atoms with Gasteiger partial charge >= 0.3 is 0 Å². The van der Waals surface area contributed by atoms with Crippen LogP contribution in [0.15, 0.2) is 24.3 Å². The van der Waals surface area contributed by atoms with Gasteiger partial charge in [0.15, 0.2) is 0 Å². The van der Waals surface area contributed by atoms with Gasteiger partial charge in [0.25, 0.3) is 0 Å². The summed E-state index contributed by atoms with van der Waals surface area (Å²) in [5.74, 6) is 1.22. The Morgan fingerprint density at radius 3 is 2.75 bits per heavy atom. The number of ether oxygens (including phenoxy) is 1. The lowest BCUT2D eigenvalue weighted by Crippen LogP contribution is -2.39. The molecule has 0 unspecified atom stereocenters. The van der Waals surface area contributed by atoms with E-state index in [1.165, 1.54) is 0 Å². The number of para-hydroxylation sites is 1. The van der Waals surface area contributed by atoms with E-state index in [4.69, 9.17) is 4.74 Å². The zero-order valence-corrected chi connectivity index (χ0v) is 12.7. The quantitative estimate of drug-likeness (QED) is 0.817. The van der Waals surface area contributed by atoms with E-state index in [-0.39, 0.29) is 24.2 Å². The molecular weight excluding hydrogens is 276 g/mol. The Morgan fingerprint density at radius 2 is 2.05 bits per heavy atom. The molecule has 1 aliphatic rings. The standard InChI is InChI=1S/C15H22N2O2.ClH/c1-12-4-2-3-5-14(12)19-11-10-17-15(18)13-6-8-16-9-7-13;/h2-5,13,16H,6-11H2,1H3,(H,17,18);1H. The Balaban J connectivity index is 0.00000200. The van der Waals surface area contributed by atoms with Crippen molar-refractivity contribution < 1.29 is 9.53 Å². The second-order valence-corrected chi connectivity index (χ2v) is 4.93. The number of rotatable bonds is 5. The van der Waals surface area contributed by atoms with Crippen LogP contribution in [0.5, 0.6) is 5.75 Å². The molecule has 0 aromatic heterocycles. The van der Waals surface area contributed by atoms with Crippen LogP contribution in [-0.4, -0.2) is 32.1 Å². The number of nitrogens with one attached hydrogen (secondary N) is 2. The van der Waals surface area contributed by atoms with Gasteiger partial charge < -0.3 is 15.4 Å². The summed E-state index contributed by atoms with van der Waals surface area (Å²) >= 11 is 0. The van der Waals surface area contributed by atoms with Crippen LogP contribution in [0, 0.1) is 12.8 Å². The fraction of sp³-hybridized carbons (Fsp3) is 0.533. The van der Waals surface area contributed by atoms with E-state index >= 15 is 0 Å². The van der Waals surface area contributed by atoms with Crippen molar-refractivity contribution in [1.29, 1.82) is 0 Å². The number of carbonyl (C=O) groups excluding carboxylic acids is 1. The van der Waals surface area contributed by atoms with E-state index in [2.05, 4.69) is 10.6 Å². The first-order valence-electron chi connectivity index (χ1n) is 6.94. The molecule has 0 spiro atoms. The number of halogens is 1. The molecule has 2 N–H and O–H groups in total. The first-order valence-corrected chi connectivity index (χ1v) is 6.94. The Morgan fingerprint density at radius 1 is 1.35 bits per heavy atom. The Labute approximate surface area is 126 Å². The highest BCUT2D eigenvalue weighted by Crippen LogP contribution is 2.15. The first-order chi connectivity index (χ1) is 9.27. The molecule has 0 radical (unpaired) electrons. The van der Waals surface area contributed by atoms with Crippen LogP contribution >= 0.6 is 12.4 Å². The first kappa shape index (κ1) is 16.8. The van der Waals surface area contributed by atoms with Crippen LogP contribution in [-0.2, 0) is 4.79 Å². The van der Waals surface area contributed by atoms with Crippen molar-refractivity contribution in [2.75, 3.05) is 26.2 Å². The minimum absolute atomic E-state index is 0. The van der Waals surface area contributed by atoms with Gasteiger partial charge in [0, 0.05) is 5.92 Å². The Bertz CT molecular complexity index is 420. The highest BCUT2D eigenvalue weighted by Gasteiger charge is 2.20. The minimum Gasteiger partial charge on any atom is -0.491 e. The van der Waals surface area contributed by atoms with E-state index in [0.29, 0.717) is 13.2 Å². The molecule has 1 heterocycles. The van der Waals surface area contributed by atoms with Crippen molar-refractivity contribution in [2.24, 2.45) is 5.92 Å². The van der Waals surface area contributed by atoms with E-state index < -0.39 is 0 Å². The molecular formula is C15H23ClN2O2. The number of benzene rings is 1. The lowest BCUT2D eigenvalue weighted by molar-refractivity contribution is -0.125. The van der Waals surface area contributed by atoms with Crippen molar-refractivity contribution in [2.45, 2.75) is 19.8 Å². The fourth-order valence-corrected chi connectivity index (χ4v) is 2.28.